The van der Waals surface area contributed by atoms with Gasteiger partial charge in [0.25, 0.3) is 0 Å². The van der Waals surface area contributed by atoms with Gasteiger partial charge in [0.15, 0.2) is 5.78 Å². The van der Waals surface area contributed by atoms with E-state index in [2.05, 4.69) is 18.5 Å². The summed E-state index contributed by atoms with van der Waals surface area (Å²) in [5.41, 5.74) is 1.12. The van der Waals surface area contributed by atoms with Gasteiger partial charge < -0.3 is 10.1 Å². The molecule has 142 valence electrons. The number of Topliss-reactive ketones (excluding diaryl/α,β-unsaturated/α-hetero) is 1. The van der Waals surface area contributed by atoms with Crippen LogP contribution in [0.25, 0.3) is 0 Å². The molecule has 2 aromatic rings. The van der Waals surface area contributed by atoms with E-state index in [0.29, 0.717) is 6.42 Å². The highest BCUT2D eigenvalue weighted by atomic mass is 16.5. The first-order valence-corrected chi connectivity index (χ1v) is 9.13. The van der Waals surface area contributed by atoms with Gasteiger partial charge in [0.1, 0.15) is 11.5 Å². The molecule has 0 spiro atoms. The molecule has 0 saturated carbocycles. The maximum atomic E-state index is 12.1. The lowest BCUT2D eigenvalue weighted by Crippen LogP contribution is -2.38. The van der Waals surface area contributed by atoms with Crippen LogP contribution in [0, 0.1) is 5.92 Å². The van der Waals surface area contributed by atoms with Gasteiger partial charge in [-0.05, 0) is 43.3 Å². The molecular weight excluding hydrogens is 322 g/mol. The quantitative estimate of drug-likeness (QED) is 0.651. The van der Waals surface area contributed by atoms with Crippen LogP contribution in [0.1, 0.15) is 33.3 Å². The third-order valence-corrected chi connectivity index (χ3v) is 3.60. The van der Waals surface area contributed by atoms with Gasteiger partial charge in [-0.1, -0.05) is 58.0 Å². The summed E-state index contributed by atoms with van der Waals surface area (Å²) >= 11 is 0. The zero-order valence-corrected chi connectivity index (χ0v) is 16.8. The third-order valence-electron chi connectivity index (χ3n) is 3.60. The fourth-order valence-electron chi connectivity index (χ4n) is 2.30. The number of para-hydroxylation sites is 1. The SMILES string of the molecule is C=C.CC.CNC(Cc1ccc(Oc2ccccc2)cc1)C(=O)C(C)C. The molecule has 0 bridgehead atoms. The van der Waals surface area contributed by atoms with Gasteiger partial charge in [0, 0.05) is 5.92 Å². The van der Waals surface area contributed by atoms with E-state index < -0.39 is 0 Å². The summed E-state index contributed by atoms with van der Waals surface area (Å²) in [6, 6.07) is 17.5. The molecule has 0 amide bonds. The summed E-state index contributed by atoms with van der Waals surface area (Å²) in [4.78, 5) is 12.1. The number of hydrogen-bond acceptors (Lipinski definition) is 3. The molecule has 1 unspecified atom stereocenters. The van der Waals surface area contributed by atoms with Gasteiger partial charge in [-0.25, -0.2) is 0 Å². The van der Waals surface area contributed by atoms with E-state index in [1.54, 1.807) is 0 Å². The van der Waals surface area contributed by atoms with Gasteiger partial charge in [0.2, 0.25) is 0 Å². The fraction of sp³-hybridized carbons (Fsp3) is 0.348. The average Bonchev–Trinajstić information content (AvgIpc) is 2.70. The van der Waals surface area contributed by atoms with E-state index in [9.17, 15) is 4.79 Å². The topological polar surface area (TPSA) is 38.3 Å². The Morgan fingerprint density at radius 2 is 1.46 bits per heavy atom. The normalized spacial score (nSPS) is 10.7. The summed E-state index contributed by atoms with van der Waals surface area (Å²) < 4.78 is 5.77. The second-order valence-corrected chi connectivity index (χ2v) is 5.66. The Bertz CT molecular complexity index is 606. The largest absolute Gasteiger partial charge is 0.457 e. The third kappa shape index (κ3) is 8.13. The zero-order chi connectivity index (χ0) is 19.9. The predicted molar refractivity (Wildman–Crippen MR) is 112 cm³/mol. The van der Waals surface area contributed by atoms with Crippen molar-refractivity contribution in [2.24, 2.45) is 5.92 Å². The molecule has 3 nitrogen and oxygen atoms in total. The van der Waals surface area contributed by atoms with Crippen LogP contribution in [0.4, 0.5) is 0 Å². The van der Waals surface area contributed by atoms with E-state index in [0.717, 1.165) is 17.1 Å². The van der Waals surface area contributed by atoms with Crippen LogP contribution in [-0.4, -0.2) is 18.9 Å². The van der Waals surface area contributed by atoms with Crippen LogP contribution in [0.2, 0.25) is 0 Å². The summed E-state index contributed by atoms with van der Waals surface area (Å²) in [7, 11) is 1.83. The van der Waals surface area contributed by atoms with Crippen molar-refractivity contribution in [2.75, 3.05) is 7.05 Å². The maximum Gasteiger partial charge on any atom is 0.152 e. The molecule has 0 heterocycles. The minimum absolute atomic E-state index is 0.0399. The molecule has 1 N–H and O–H groups in total. The predicted octanol–water partition coefficient (Wildman–Crippen LogP) is 5.66. The second-order valence-electron chi connectivity index (χ2n) is 5.66. The van der Waals surface area contributed by atoms with E-state index in [1.165, 1.54) is 0 Å². The first-order valence-electron chi connectivity index (χ1n) is 9.13. The number of rotatable bonds is 7. The zero-order valence-electron chi connectivity index (χ0n) is 16.8. The molecule has 1 atom stereocenters. The van der Waals surface area contributed by atoms with Gasteiger partial charge in [-0.2, -0.15) is 0 Å². The van der Waals surface area contributed by atoms with Crippen molar-refractivity contribution < 1.29 is 9.53 Å². The maximum absolute atomic E-state index is 12.1. The molecule has 0 aromatic heterocycles. The average molecular weight is 356 g/mol. The van der Waals surface area contributed by atoms with Crippen molar-refractivity contribution in [3.63, 3.8) is 0 Å². The number of ether oxygens (including phenoxy) is 1. The van der Waals surface area contributed by atoms with Gasteiger partial charge in [-0.15, -0.1) is 13.2 Å². The highest BCUT2D eigenvalue weighted by Gasteiger charge is 2.19. The fourth-order valence-corrected chi connectivity index (χ4v) is 2.30. The monoisotopic (exact) mass is 355 g/mol. The smallest absolute Gasteiger partial charge is 0.152 e. The summed E-state index contributed by atoms with van der Waals surface area (Å²) in [5, 5.41) is 3.11. The van der Waals surface area contributed by atoms with Crippen LogP contribution in [0.15, 0.2) is 67.8 Å². The number of ketones is 1. The molecule has 0 radical (unpaired) electrons. The molecule has 0 aliphatic rings. The number of likely N-dealkylation sites (N-methyl/N-ethyl adjacent to an activating group) is 1. The highest BCUT2D eigenvalue weighted by Crippen LogP contribution is 2.21. The number of hydrogen-bond donors (Lipinski definition) is 1. The molecule has 3 heteroatoms. The van der Waals surface area contributed by atoms with Crippen molar-refractivity contribution >= 4 is 5.78 Å². The summed E-state index contributed by atoms with van der Waals surface area (Å²) in [6.07, 6.45) is 0.694. The van der Waals surface area contributed by atoms with E-state index in [1.807, 2.05) is 89.3 Å². The standard InChI is InChI=1S/C19H23NO2.C2H6.C2H4/c1-14(2)19(21)18(20-3)13-15-9-11-17(12-10-15)22-16-7-5-4-6-8-16;2*1-2/h4-12,14,18,20H,13H2,1-3H3;1-2H3;1-2H2. The molecule has 2 aromatic carbocycles. The number of nitrogens with one attached hydrogen (secondary N) is 1. The molecule has 0 aliphatic heterocycles. The first kappa shape index (κ1) is 23.6. The van der Waals surface area contributed by atoms with Crippen LogP contribution in [0.5, 0.6) is 11.5 Å². The molecule has 0 fully saturated rings. The van der Waals surface area contributed by atoms with Crippen LogP contribution in [-0.2, 0) is 11.2 Å². The number of carbonyl (C=O) groups excluding carboxylic acids is 1. The Balaban J connectivity index is 0.00000146. The van der Waals surface area contributed by atoms with Crippen molar-refractivity contribution in [1.29, 1.82) is 0 Å². The van der Waals surface area contributed by atoms with Gasteiger partial charge in [0.05, 0.1) is 6.04 Å². The number of benzene rings is 2. The summed E-state index contributed by atoms with van der Waals surface area (Å²) in [6.45, 7) is 13.9. The molecule has 2 rings (SSSR count). The lowest BCUT2D eigenvalue weighted by Gasteiger charge is -2.17. The second kappa shape index (κ2) is 13.9. The molecule has 26 heavy (non-hydrogen) atoms. The molecule has 0 aliphatic carbocycles. The van der Waals surface area contributed by atoms with Crippen molar-refractivity contribution in [1.82, 2.24) is 5.32 Å². The van der Waals surface area contributed by atoms with Crippen LogP contribution in [0.3, 0.4) is 0 Å². The minimum atomic E-state index is -0.138. The van der Waals surface area contributed by atoms with Crippen molar-refractivity contribution in [3.05, 3.63) is 73.3 Å². The molecular formula is C23H33NO2. The highest BCUT2D eigenvalue weighted by molar-refractivity contribution is 5.86. The Kier molecular flexibility index (Phi) is 12.6. The Morgan fingerprint density at radius 3 is 1.92 bits per heavy atom. The van der Waals surface area contributed by atoms with Crippen LogP contribution < -0.4 is 10.1 Å². The lowest BCUT2D eigenvalue weighted by atomic mass is 9.96. The number of carbonyl (C=O) groups is 1. The van der Waals surface area contributed by atoms with Crippen molar-refractivity contribution in [2.45, 2.75) is 40.2 Å². The van der Waals surface area contributed by atoms with Gasteiger partial charge in [-0.3, -0.25) is 4.79 Å². The minimum Gasteiger partial charge on any atom is -0.457 e. The van der Waals surface area contributed by atoms with Gasteiger partial charge >= 0.3 is 0 Å². The Labute approximate surface area is 159 Å². The first-order chi connectivity index (χ1) is 12.6. The lowest BCUT2D eigenvalue weighted by molar-refractivity contribution is -0.123. The van der Waals surface area contributed by atoms with Crippen molar-refractivity contribution in [3.8, 4) is 11.5 Å². The van der Waals surface area contributed by atoms with E-state index in [-0.39, 0.29) is 17.7 Å². The van der Waals surface area contributed by atoms with E-state index >= 15 is 0 Å². The van der Waals surface area contributed by atoms with Crippen LogP contribution >= 0.6 is 0 Å². The Hall–Kier alpha value is -2.39. The molecule has 0 saturated heterocycles. The Morgan fingerprint density at radius 1 is 0.962 bits per heavy atom. The summed E-state index contributed by atoms with van der Waals surface area (Å²) in [5.74, 6) is 1.90. The van der Waals surface area contributed by atoms with E-state index in [4.69, 9.17) is 4.74 Å².